The molecule has 1 saturated carbocycles. The topological polar surface area (TPSA) is 104 Å². The number of anilines is 1. The van der Waals surface area contributed by atoms with Gasteiger partial charge in [0, 0.05) is 28.7 Å². The molecule has 0 unspecified atom stereocenters. The summed E-state index contributed by atoms with van der Waals surface area (Å²) in [6.45, 7) is 0.612. The first-order valence-corrected chi connectivity index (χ1v) is 10.1. The number of fused-ring (bicyclic) bond motifs is 1. The summed E-state index contributed by atoms with van der Waals surface area (Å²) in [6, 6.07) is 6.99. The number of H-pyrrole nitrogens is 1. The van der Waals surface area contributed by atoms with Gasteiger partial charge in [-0.15, -0.1) is 0 Å². The summed E-state index contributed by atoms with van der Waals surface area (Å²) in [5.41, 5.74) is 1.03. The van der Waals surface area contributed by atoms with E-state index in [0.717, 1.165) is 6.42 Å². The molecule has 0 bridgehead atoms. The largest absolute Gasteiger partial charge is 0.360 e. The lowest BCUT2D eigenvalue weighted by Gasteiger charge is -2.07. The maximum absolute atomic E-state index is 12.8. The van der Waals surface area contributed by atoms with E-state index >= 15 is 0 Å². The van der Waals surface area contributed by atoms with Gasteiger partial charge in [-0.3, -0.25) is 9.40 Å². The number of sulfonamides is 1. The molecule has 2 heterocycles. The Morgan fingerprint density at radius 2 is 2.23 bits per heavy atom. The van der Waals surface area contributed by atoms with Crippen molar-refractivity contribution in [1.29, 1.82) is 5.26 Å². The van der Waals surface area contributed by atoms with Gasteiger partial charge in [-0.1, -0.05) is 24.4 Å². The molecule has 9 heteroatoms. The molecular weight excluding hydrogens is 374 g/mol. The van der Waals surface area contributed by atoms with Crippen molar-refractivity contribution in [2.75, 3.05) is 4.72 Å². The summed E-state index contributed by atoms with van der Waals surface area (Å²) < 4.78 is 29.7. The molecule has 1 aliphatic rings. The summed E-state index contributed by atoms with van der Waals surface area (Å²) >= 11 is 5.94. The van der Waals surface area contributed by atoms with Crippen LogP contribution in [0.3, 0.4) is 0 Å². The normalized spacial score (nSPS) is 14.5. The first-order valence-electron chi connectivity index (χ1n) is 8.23. The Balaban J connectivity index is 1.64. The van der Waals surface area contributed by atoms with Gasteiger partial charge in [-0.25, -0.2) is 8.42 Å². The molecule has 0 saturated heterocycles. The Morgan fingerprint density at radius 3 is 2.96 bits per heavy atom. The lowest BCUT2D eigenvalue weighted by Crippen LogP contribution is -2.13. The van der Waals surface area contributed by atoms with Crippen molar-refractivity contribution in [3.8, 4) is 6.07 Å². The molecule has 0 amide bonds. The number of aromatic nitrogens is 3. The lowest BCUT2D eigenvalue weighted by molar-refractivity contribution is 0.542. The molecule has 2 aromatic heterocycles. The average Bonchev–Trinajstić information content (AvgIpc) is 3.21. The van der Waals surface area contributed by atoms with Gasteiger partial charge >= 0.3 is 0 Å². The van der Waals surface area contributed by atoms with Crippen molar-refractivity contribution < 1.29 is 8.42 Å². The van der Waals surface area contributed by atoms with Crippen LogP contribution in [0, 0.1) is 17.2 Å². The predicted molar refractivity (Wildman–Crippen MR) is 98.4 cm³/mol. The van der Waals surface area contributed by atoms with Gasteiger partial charge < -0.3 is 4.98 Å². The molecule has 134 valence electrons. The van der Waals surface area contributed by atoms with Gasteiger partial charge in [0.15, 0.2) is 5.69 Å². The Morgan fingerprint density at radius 1 is 1.42 bits per heavy atom. The number of benzene rings is 1. The molecule has 7 nitrogen and oxygen atoms in total. The van der Waals surface area contributed by atoms with E-state index in [1.54, 1.807) is 22.9 Å². The predicted octanol–water partition coefficient (Wildman–Crippen LogP) is 3.49. The first-order chi connectivity index (χ1) is 12.5. The molecular formula is C17H16ClN5O2S. The van der Waals surface area contributed by atoms with E-state index in [1.165, 1.54) is 25.2 Å². The number of hydrogen-bond acceptors (Lipinski definition) is 4. The Bertz CT molecular complexity index is 1120. The van der Waals surface area contributed by atoms with Gasteiger partial charge in [0.05, 0.1) is 6.20 Å². The lowest BCUT2D eigenvalue weighted by atomic mass is 10.2. The van der Waals surface area contributed by atoms with Gasteiger partial charge in [0.25, 0.3) is 10.0 Å². The van der Waals surface area contributed by atoms with Crippen LogP contribution in [-0.4, -0.2) is 23.2 Å². The number of nitrogens with zero attached hydrogens (tertiary/aromatic N) is 3. The highest BCUT2D eigenvalue weighted by Gasteiger charge is 2.24. The van der Waals surface area contributed by atoms with Crippen molar-refractivity contribution in [2.45, 2.75) is 30.7 Å². The van der Waals surface area contributed by atoms with E-state index in [1.807, 2.05) is 6.07 Å². The number of nitriles is 1. The van der Waals surface area contributed by atoms with E-state index < -0.39 is 10.0 Å². The first kappa shape index (κ1) is 16.9. The summed E-state index contributed by atoms with van der Waals surface area (Å²) in [5.74, 6) is 0.698. The number of rotatable bonds is 6. The van der Waals surface area contributed by atoms with Crippen LogP contribution in [0.15, 0.2) is 35.5 Å². The van der Waals surface area contributed by atoms with E-state index in [2.05, 4.69) is 14.8 Å². The van der Waals surface area contributed by atoms with Gasteiger partial charge in [-0.05, 0) is 30.5 Å². The van der Waals surface area contributed by atoms with Crippen molar-refractivity contribution in [3.05, 3.63) is 41.3 Å². The highest BCUT2D eigenvalue weighted by atomic mass is 35.5. The van der Waals surface area contributed by atoms with Crippen LogP contribution < -0.4 is 4.72 Å². The fourth-order valence-corrected chi connectivity index (χ4v) is 4.36. The van der Waals surface area contributed by atoms with Crippen LogP contribution in [-0.2, 0) is 16.6 Å². The van der Waals surface area contributed by atoms with Gasteiger partial charge in [-0.2, -0.15) is 10.4 Å². The van der Waals surface area contributed by atoms with E-state index in [9.17, 15) is 13.7 Å². The third kappa shape index (κ3) is 3.16. The molecule has 0 radical (unpaired) electrons. The minimum absolute atomic E-state index is 0.0961. The van der Waals surface area contributed by atoms with Crippen molar-refractivity contribution >= 4 is 38.2 Å². The van der Waals surface area contributed by atoms with Crippen molar-refractivity contribution in [2.24, 2.45) is 5.92 Å². The Hall–Kier alpha value is -2.50. The van der Waals surface area contributed by atoms with Gasteiger partial charge in [0.2, 0.25) is 0 Å². The van der Waals surface area contributed by atoms with E-state index in [-0.39, 0.29) is 16.3 Å². The molecule has 0 aliphatic heterocycles. The molecule has 2 N–H and O–H groups in total. The second kappa shape index (κ2) is 6.34. The van der Waals surface area contributed by atoms with Crippen LogP contribution in [0.2, 0.25) is 5.02 Å². The average molecular weight is 390 g/mol. The maximum atomic E-state index is 12.8. The highest BCUT2D eigenvalue weighted by Crippen LogP contribution is 2.33. The van der Waals surface area contributed by atoms with Crippen LogP contribution >= 0.6 is 11.6 Å². The molecule has 4 rings (SSSR count). The third-order valence-corrected chi connectivity index (χ3v) is 6.17. The van der Waals surface area contributed by atoms with E-state index in [0.29, 0.717) is 28.4 Å². The fourth-order valence-electron chi connectivity index (χ4n) is 2.95. The zero-order valence-electron chi connectivity index (χ0n) is 13.7. The number of aromatic amines is 1. The monoisotopic (exact) mass is 389 g/mol. The zero-order valence-corrected chi connectivity index (χ0v) is 15.3. The molecule has 26 heavy (non-hydrogen) atoms. The Kier molecular flexibility index (Phi) is 4.13. The number of halogens is 1. The second-order valence-electron chi connectivity index (χ2n) is 6.42. The quantitative estimate of drug-likeness (QED) is 0.673. The van der Waals surface area contributed by atoms with Crippen LogP contribution in [0.1, 0.15) is 25.0 Å². The summed E-state index contributed by atoms with van der Waals surface area (Å²) in [7, 11) is -3.88. The van der Waals surface area contributed by atoms with Crippen molar-refractivity contribution in [1.82, 2.24) is 14.8 Å². The Labute approximate surface area is 155 Å². The molecule has 0 spiro atoms. The minimum Gasteiger partial charge on any atom is -0.360 e. The van der Waals surface area contributed by atoms with Gasteiger partial charge in [0.1, 0.15) is 16.7 Å². The SMILES string of the molecule is N#Cc1c(NS(=O)(=O)c2c[nH]c3cc(Cl)ccc23)cnn1CCC1CC1. The molecule has 1 aromatic carbocycles. The maximum Gasteiger partial charge on any atom is 0.264 e. The summed E-state index contributed by atoms with van der Waals surface area (Å²) in [5, 5.41) is 14.6. The minimum atomic E-state index is -3.88. The zero-order chi connectivity index (χ0) is 18.3. The summed E-state index contributed by atoms with van der Waals surface area (Å²) in [4.78, 5) is 3.00. The third-order valence-electron chi connectivity index (χ3n) is 4.53. The molecule has 1 aliphatic carbocycles. The molecule has 3 aromatic rings. The number of aryl methyl sites for hydroxylation is 1. The van der Waals surface area contributed by atoms with E-state index in [4.69, 9.17) is 11.6 Å². The van der Waals surface area contributed by atoms with Crippen molar-refractivity contribution in [3.63, 3.8) is 0 Å². The van der Waals surface area contributed by atoms with Crippen LogP contribution in [0.25, 0.3) is 10.9 Å². The number of nitrogens with one attached hydrogen (secondary N) is 2. The number of hydrogen-bond donors (Lipinski definition) is 2. The fraction of sp³-hybridized carbons (Fsp3) is 0.294. The molecule has 0 atom stereocenters. The molecule has 1 fully saturated rings. The summed E-state index contributed by atoms with van der Waals surface area (Å²) in [6.07, 6.45) is 6.17. The smallest absolute Gasteiger partial charge is 0.264 e. The standard InChI is InChI=1S/C17H16ClN5O2S/c18-12-3-4-13-14(7-12)20-10-17(13)26(24,25)22-15-9-21-23(16(15)8-19)6-5-11-1-2-11/h3-4,7,9-11,20,22H,1-2,5-6H2. The van der Waals surface area contributed by atoms with Crippen LogP contribution in [0.5, 0.6) is 0 Å². The second-order valence-corrected chi connectivity index (χ2v) is 8.51. The highest BCUT2D eigenvalue weighted by molar-refractivity contribution is 7.93. The van der Waals surface area contributed by atoms with Crippen LogP contribution in [0.4, 0.5) is 5.69 Å².